The van der Waals surface area contributed by atoms with Gasteiger partial charge in [-0.05, 0) is 36.8 Å². The summed E-state index contributed by atoms with van der Waals surface area (Å²) in [4.78, 5) is 37.1. The Hall–Kier alpha value is -3.39. The molecular formula is C18H17N3O5. The summed E-state index contributed by atoms with van der Waals surface area (Å²) in [5.41, 5.74) is 1.91. The largest absolute Gasteiger partial charge is 0.459 e. The van der Waals surface area contributed by atoms with Crippen LogP contribution in [0, 0.1) is 6.92 Å². The van der Waals surface area contributed by atoms with Crippen molar-refractivity contribution < 1.29 is 23.9 Å². The molecule has 3 amide bonds. The Morgan fingerprint density at radius 3 is 2.65 bits per heavy atom. The molecule has 8 heteroatoms. The van der Waals surface area contributed by atoms with Gasteiger partial charge in [-0.15, -0.1) is 0 Å². The number of hydrogen-bond donors (Lipinski definition) is 3. The maximum atomic E-state index is 12.2. The fourth-order valence-corrected chi connectivity index (χ4v) is 2.55. The number of hydrogen-bond acceptors (Lipinski definition) is 6. The summed E-state index contributed by atoms with van der Waals surface area (Å²) in [6.45, 7) is 1.41. The van der Waals surface area contributed by atoms with Crippen molar-refractivity contribution in [1.82, 2.24) is 4.90 Å². The Balaban J connectivity index is 1.78. The quantitative estimate of drug-likeness (QED) is 0.677. The Bertz CT molecular complexity index is 886. The van der Waals surface area contributed by atoms with Gasteiger partial charge in [-0.1, -0.05) is 6.07 Å². The summed E-state index contributed by atoms with van der Waals surface area (Å²) in [6, 6.07) is 8.32. The Morgan fingerprint density at radius 1 is 1.19 bits per heavy atom. The smallest absolute Gasteiger partial charge is 0.291 e. The molecule has 0 saturated carbocycles. The van der Waals surface area contributed by atoms with E-state index in [0.717, 1.165) is 4.90 Å². The number of imide groups is 1. The van der Waals surface area contributed by atoms with E-state index in [9.17, 15) is 14.4 Å². The molecule has 2 aromatic rings. The molecule has 8 nitrogen and oxygen atoms in total. The maximum Gasteiger partial charge on any atom is 0.291 e. The second-order valence-corrected chi connectivity index (χ2v) is 5.61. The molecule has 134 valence electrons. The molecule has 1 aromatic carbocycles. The first kappa shape index (κ1) is 17.4. The molecule has 1 aliphatic rings. The molecule has 0 radical (unpaired) electrons. The summed E-state index contributed by atoms with van der Waals surface area (Å²) in [7, 11) is 0. The highest BCUT2D eigenvalue weighted by Crippen LogP contribution is 2.26. The van der Waals surface area contributed by atoms with Crippen molar-refractivity contribution in [2.45, 2.75) is 6.92 Å². The lowest BCUT2D eigenvalue weighted by Crippen LogP contribution is -2.34. The first-order valence-electron chi connectivity index (χ1n) is 7.91. The van der Waals surface area contributed by atoms with Gasteiger partial charge in [-0.2, -0.15) is 0 Å². The fourth-order valence-electron chi connectivity index (χ4n) is 2.55. The summed E-state index contributed by atoms with van der Waals surface area (Å²) in [6.07, 6.45) is 2.60. The topological polar surface area (TPSA) is 112 Å². The van der Waals surface area contributed by atoms with Gasteiger partial charge in [-0.3, -0.25) is 19.3 Å². The van der Waals surface area contributed by atoms with Gasteiger partial charge in [0.05, 0.1) is 19.4 Å². The van der Waals surface area contributed by atoms with Crippen LogP contribution in [0.5, 0.6) is 0 Å². The van der Waals surface area contributed by atoms with E-state index in [1.807, 2.05) is 0 Å². The van der Waals surface area contributed by atoms with E-state index in [1.165, 1.54) is 12.3 Å². The molecular weight excluding hydrogens is 338 g/mol. The molecule has 3 rings (SSSR count). The molecule has 0 bridgehead atoms. The van der Waals surface area contributed by atoms with Crippen LogP contribution >= 0.6 is 0 Å². The van der Waals surface area contributed by atoms with E-state index in [2.05, 4.69) is 10.6 Å². The van der Waals surface area contributed by atoms with Crippen LogP contribution in [0.3, 0.4) is 0 Å². The number of carbonyl (C=O) groups excluding carboxylic acids is 3. The third-order valence-corrected chi connectivity index (χ3v) is 3.93. The average Bonchev–Trinajstić information content (AvgIpc) is 3.23. The molecule has 0 atom stereocenters. The molecule has 0 fully saturated rings. The number of carbonyl (C=O) groups is 3. The Morgan fingerprint density at radius 2 is 1.96 bits per heavy atom. The predicted molar refractivity (Wildman–Crippen MR) is 93.4 cm³/mol. The molecule has 1 aromatic heterocycles. The van der Waals surface area contributed by atoms with E-state index in [1.54, 1.807) is 37.3 Å². The molecule has 1 aliphatic heterocycles. The predicted octanol–water partition coefficient (Wildman–Crippen LogP) is 1.50. The molecule has 0 aliphatic carbocycles. The van der Waals surface area contributed by atoms with E-state index in [4.69, 9.17) is 9.52 Å². The van der Waals surface area contributed by atoms with Crippen LogP contribution in [0.2, 0.25) is 0 Å². The van der Waals surface area contributed by atoms with Crippen LogP contribution in [0.1, 0.15) is 16.1 Å². The van der Waals surface area contributed by atoms with Gasteiger partial charge in [-0.25, -0.2) is 0 Å². The maximum absolute atomic E-state index is 12.2. The monoisotopic (exact) mass is 355 g/mol. The number of anilines is 2. The van der Waals surface area contributed by atoms with Crippen molar-refractivity contribution in [3.8, 4) is 0 Å². The lowest BCUT2D eigenvalue weighted by Gasteiger charge is -2.16. The zero-order chi connectivity index (χ0) is 18.7. The van der Waals surface area contributed by atoms with E-state index < -0.39 is 17.7 Å². The molecule has 2 heterocycles. The molecule has 0 saturated heterocycles. The number of nitrogens with one attached hydrogen (secondary N) is 2. The second-order valence-electron chi connectivity index (χ2n) is 5.61. The van der Waals surface area contributed by atoms with Gasteiger partial charge < -0.3 is 20.2 Å². The average molecular weight is 355 g/mol. The van der Waals surface area contributed by atoms with Crippen LogP contribution in [0.15, 0.2) is 52.8 Å². The SMILES string of the molecule is Cc1c(NC(=O)c2ccco2)cccc1NC1=CC(=O)N(CCO)C1=O. The second kappa shape index (κ2) is 7.24. The molecule has 3 N–H and O–H groups in total. The van der Waals surface area contributed by atoms with Crippen LogP contribution in [0.4, 0.5) is 11.4 Å². The highest BCUT2D eigenvalue weighted by Gasteiger charge is 2.30. The fraction of sp³-hybridized carbons (Fsp3) is 0.167. The third-order valence-electron chi connectivity index (χ3n) is 3.93. The van der Waals surface area contributed by atoms with Crippen LogP contribution < -0.4 is 10.6 Å². The minimum absolute atomic E-state index is 0.0580. The highest BCUT2D eigenvalue weighted by molar-refractivity contribution is 6.17. The lowest BCUT2D eigenvalue weighted by molar-refractivity contribution is -0.137. The summed E-state index contributed by atoms with van der Waals surface area (Å²) in [5.74, 6) is -1.20. The van der Waals surface area contributed by atoms with Gasteiger partial charge in [0.2, 0.25) is 0 Å². The summed E-state index contributed by atoms with van der Waals surface area (Å²) >= 11 is 0. The number of rotatable bonds is 6. The van der Waals surface area contributed by atoms with Gasteiger partial charge in [0.25, 0.3) is 17.7 Å². The number of furan rings is 1. The van der Waals surface area contributed by atoms with Crippen molar-refractivity contribution in [3.05, 3.63) is 59.7 Å². The first-order valence-corrected chi connectivity index (χ1v) is 7.91. The Kier molecular flexibility index (Phi) is 4.85. The number of β-amino-alcohol motifs (C(OH)–C–C–N with tert-alkyl or cyclic N) is 1. The number of nitrogens with zero attached hydrogens (tertiary/aromatic N) is 1. The van der Waals surface area contributed by atoms with Gasteiger partial charge in [0.15, 0.2) is 5.76 Å². The van der Waals surface area contributed by atoms with Crippen molar-refractivity contribution >= 4 is 29.1 Å². The number of aliphatic hydroxyl groups excluding tert-OH is 1. The van der Waals surface area contributed by atoms with E-state index in [0.29, 0.717) is 16.9 Å². The minimum atomic E-state index is -0.506. The third kappa shape index (κ3) is 3.35. The minimum Gasteiger partial charge on any atom is -0.459 e. The van der Waals surface area contributed by atoms with Crippen LogP contribution in [-0.2, 0) is 9.59 Å². The zero-order valence-electron chi connectivity index (χ0n) is 14.0. The molecule has 0 unspecified atom stereocenters. The van der Waals surface area contributed by atoms with Gasteiger partial charge in [0.1, 0.15) is 5.70 Å². The van der Waals surface area contributed by atoms with Crippen molar-refractivity contribution in [1.29, 1.82) is 0 Å². The zero-order valence-corrected chi connectivity index (χ0v) is 14.0. The molecule has 0 spiro atoms. The van der Waals surface area contributed by atoms with E-state index >= 15 is 0 Å². The first-order chi connectivity index (χ1) is 12.5. The van der Waals surface area contributed by atoms with Crippen molar-refractivity contribution in [2.24, 2.45) is 0 Å². The van der Waals surface area contributed by atoms with Crippen LogP contribution in [-0.4, -0.2) is 40.9 Å². The van der Waals surface area contributed by atoms with Gasteiger partial charge >= 0.3 is 0 Å². The van der Waals surface area contributed by atoms with Crippen LogP contribution in [0.25, 0.3) is 0 Å². The Labute approximate surface area is 149 Å². The van der Waals surface area contributed by atoms with Crippen molar-refractivity contribution in [2.75, 3.05) is 23.8 Å². The normalized spacial score (nSPS) is 13.8. The van der Waals surface area contributed by atoms with Crippen molar-refractivity contribution in [3.63, 3.8) is 0 Å². The molecule has 26 heavy (non-hydrogen) atoms. The highest BCUT2D eigenvalue weighted by atomic mass is 16.3. The van der Waals surface area contributed by atoms with E-state index in [-0.39, 0.29) is 24.6 Å². The summed E-state index contributed by atoms with van der Waals surface area (Å²) < 4.78 is 5.06. The standard InChI is InChI=1S/C18H17N3O5/c1-11-12(19-14-10-16(23)21(7-8-22)18(14)25)4-2-5-13(11)20-17(24)15-6-3-9-26-15/h2-6,9-10,19,22H,7-8H2,1H3,(H,20,24). The number of aliphatic hydroxyl groups is 1. The number of benzene rings is 1. The number of amides is 3. The summed E-state index contributed by atoms with van der Waals surface area (Å²) in [5, 5.41) is 14.6. The van der Waals surface area contributed by atoms with Gasteiger partial charge in [0, 0.05) is 17.5 Å². The lowest BCUT2D eigenvalue weighted by atomic mass is 10.1.